The van der Waals surface area contributed by atoms with Gasteiger partial charge in [-0.05, 0) is 64.7 Å². The van der Waals surface area contributed by atoms with E-state index in [1.165, 1.54) is 17.7 Å². The topological polar surface area (TPSA) is 64.1 Å². The zero-order valence-corrected chi connectivity index (χ0v) is 22.7. The lowest BCUT2D eigenvalue weighted by atomic mass is 9.91. The smallest absolute Gasteiger partial charge is 0.125 e. The number of pyridine rings is 1. The number of aldehydes is 1. The molecule has 7 heteroatoms. The Hall–Kier alpha value is -2.61. The minimum Gasteiger partial charge on any atom is -0.335 e. The number of likely N-dealkylation sites (N-methyl/N-ethyl adjacent to an activating group) is 4. The fourth-order valence-electron chi connectivity index (χ4n) is 3.95. The molecule has 0 bridgehead atoms. The van der Waals surface area contributed by atoms with Crippen LogP contribution in [0.15, 0.2) is 59.9 Å². The third-order valence-electron chi connectivity index (χ3n) is 6.28. The van der Waals surface area contributed by atoms with E-state index in [1.54, 1.807) is 13.1 Å². The molecular weight excluding hydrogens is 436 g/mol. The molecule has 0 aromatic carbocycles. The highest BCUT2D eigenvalue weighted by molar-refractivity contribution is 5.86. The molecule has 1 aromatic rings. The largest absolute Gasteiger partial charge is 0.335 e. The van der Waals surface area contributed by atoms with Crippen molar-refractivity contribution in [2.75, 3.05) is 61.4 Å². The molecule has 1 N–H and O–H groups in total. The van der Waals surface area contributed by atoms with E-state index in [9.17, 15) is 4.79 Å². The van der Waals surface area contributed by atoms with Crippen molar-refractivity contribution < 1.29 is 4.79 Å². The van der Waals surface area contributed by atoms with Crippen molar-refractivity contribution in [3.05, 3.63) is 66.2 Å². The third-order valence-corrected chi connectivity index (χ3v) is 6.28. The Labute approximate surface area is 213 Å². The number of carbonyl (C=O) groups excluding carboxylic acids is 1. The minimum absolute atomic E-state index is 0.291. The maximum atomic E-state index is 11.1. The van der Waals surface area contributed by atoms with Gasteiger partial charge in [0.25, 0.3) is 0 Å². The van der Waals surface area contributed by atoms with Crippen LogP contribution in [-0.4, -0.2) is 93.2 Å². The van der Waals surface area contributed by atoms with Crippen molar-refractivity contribution in [3.8, 4) is 0 Å². The van der Waals surface area contributed by atoms with Gasteiger partial charge in [-0.15, -0.1) is 0 Å². The molecule has 0 spiro atoms. The summed E-state index contributed by atoms with van der Waals surface area (Å²) >= 11 is 0. The van der Waals surface area contributed by atoms with Gasteiger partial charge in [-0.1, -0.05) is 37.8 Å². The van der Waals surface area contributed by atoms with Gasteiger partial charge >= 0.3 is 0 Å². The van der Waals surface area contributed by atoms with Crippen molar-refractivity contribution in [2.24, 2.45) is 4.99 Å². The lowest BCUT2D eigenvalue weighted by molar-refractivity contribution is -0.107. The Morgan fingerprint density at radius 2 is 2.09 bits per heavy atom. The van der Waals surface area contributed by atoms with Crippen LogP contribution in [0.1, 0.15) is 43.5 Å². The van der Waals surface area contributed by atoms with E-state index in [2.05, 4.69) is 58.8 Å². The van der Waals surface area contributed by atoms with Crippen LogP contribution < -0.4 is 5.32 Å². The Morgan fingerprint density at radius 1 is 1.31 bits per heavy atom. The first-order valence-electron chi connectivity index (χ1n) is 12.5. The Kier molecular flexibility index (Phi) is 15.4. The fourth-order valence-corrected chi connectivity index (χ4v) is 3.95. The van der Waals surface area contributed by atoms with Gasteiger partial charge in [0.15, 0.2) is 0 Å². The number of nitrogens with one attached hydrogen (secondary N) is 1. The molecule has 0 aliphatic heterocycles. The van der Waals surface area contributed by atoms with Crippen LogP contribution in [-0.2, 0) is 11.2 Å². The predicted octanol–water partition coefficient (Wildman–Crippen LogP) is 3.72. The first kappa shape index (κ1) is 30.4. The maximum absolute atomic E-state index is 11.1. The van der Waals surface area contributed by atoms with E-state index >= 15 is 0 Å². The molecule has 1 aliphatic rings. The lowest BCUT2D eigenvalue weighted by Crippen LogP contribution is -2.39. The van der Waals surface area contributed by atoms with Gasteiger partial charge in [0.05, 0.1) is 18.3 Å². The van der Waals surface area contributed by atoms with Crippen molar-refractivity contribution in [3.63, 3.8) is 0 Å². The van der Waals surface area contributed by atoms with Crippen LogP contribution in [0.25, 0.3) is 0 Å². The van der Waals surface area contributed by atoms with Gasteiger partial charge < -0.3 is 19.9 Å². The molecule has 2 rings (SSSR count). The molecule has 1 atom stereocenters. The van der Waals surface area contributed by atoms with Gasteiger partial charge in [0.1, 0.15) is 12.1 Å². The number of nitrogens with zero attached hydrogens (tertiary/aromatic N) is 5. The fraction of sp³-hybridized carbons (Fsp3) is 0.536. The van der Waals surface area contributed by atoms with Crippen molar-refractivity contribution in [2.45, 2.75) is 38.6 Å². The highest BCUT2D eigenvalue weighted by Crippen LogP contribution is 2.31. The molecule has 1 aromatic heterocycles. The van der Waals surface area contributed by atoms with Crippen LogP contribution in [0.3, 0.4) is 0 Å². The van der Waals surface area contributed by atoms with E-state index in [-0.39, 0.29) is 0 Å². The summed E-state index contributed by atoms with van der Waals surface area (Å²) in [6, 6.07) is 4.49. The second-order valence-electron chi connectivity index (χ2n) is 8.72. The molecule has 194 valence electrons. The van der Waals surface area contributed by atoms with Crippen molar-refractivity contribution in [1.82, 2.24) is 25.0 Å². The minimum atomic E-state index is 0.291. The molecule has 0 saturated carbocycles. The van der Waals surface area contributed by atoms with Crippen LogP contribution >= 0.6 is 0 Å². The molecule has 0 fully saturated rings. The number of hydrogen-bond acceptors (Lipinski definition) is 6. The summed E-state index contributed by atoms with van der Waals surface area (Å²) in [5.41, 5.74) is 3.43. The Balaban J connectivity index is 0.000000658. The molecule has 1 unspecified atom stereocenters. The predicted molar refractivity (Wildman–Crippen MR) is 149 cm³/mol. The number of aliphatic imine (C=N–C) groups is 1. The molecule has 7 nitrogen and oxygen atoms in total. The summed E-state index contributed by atoms with van der Waals surface area (Å²) in [7, 11) is 9.97. The zero-order valence-electron chi connectivity index (χ0n) is 22.7. The Morgan fingerprint density at radius 3 is 2.71 bits per heavy atom. The third kappa shape index (κ3) is 10.7. The first-order valence-corrected chi connectivity index (χ1v) is 12.5. The first-order chi connectivity index (χ1) is 16.9. The number of carbonyl (C=O) groups is 1. The summed E-state index contributed by atoms with van der Waals surface area (Å²) < 4.78 is 0. The SMILES string of the molecule is C=C/C=C\C=C(/CC=O)N(C)C(CN(C)C1CCCc2cccnc21)=NC.CCN(C)CCNC. The Bertz CT molecular complexity index is 848. The highest BCUT2D eigenvalue weighted by atomic mass is 16.1. The van der Waals surface area contributed by atoms with E-state index in [0.29, 0.717) is 19.0 Å². The maximum Gasteiger partial charge on any atom is 0.125 e. The summed E-state index contributed by atoms with van der Waals surface area (Å²) in [6.07, 6.45) is 13.9. The second kappa shape index (κ2) is 17.8. The van der Waals surface area contributed by atoms with Gasteiger partial charge in [-0.3, -0.25) is 14.9 Å². The van der Waals surface area contributed by atoms with Gasteiger partial charge in [-0.25, -0.2) is 0 Å². The normalized spacial score (nSPS) is 16.2. The summed E-state index contributed by atoms with van der Waals surface area (Å²) in [6.45, 7) is 9.90. The molecule has 0 radical (unpaired) electrons. The average Bonchev–Trinajstić information content (AvgIpc) is 2.89. The monoisotopic (exact) mass is 482 g/mol. The quantitative estimate of drug-likeness (QED) is 0.212. The van der Waals surface area contributed by atoms with Gasteiger partial charge in [0, 0.05) is 45.5 Å². The van der Waals surface area contributed by atoms with Crippen LogP contribution in [0.4, 0.5) is 0 Å². The number of allylic oxidation sites excluding steroid dienone is 5. The van der Waals surface area contributed by atoms with Crippen LogP contribution in [0, 0.1) is 0 Å². The zero-order chi connectivity index (χ0) is 26.1. The summed E-state index contributed by atoms with van der Waals surface area (Å²) in [5.74, 6) is 0.917. The lowest BCUT2D eigenvalue weighted by Gasteiger charge is -2.34. The highest BCUT2D eigenvalue weighted by Gasteiger charge is 2.26. The molecular formula is C28H46N6O. The number of hydrogen-bond donors (Lipinski definition) is 1. The molecule has 0 amide bonds. The summed E-state index contributed by atoms with van der Waals surface area (Å²) in [4.78, 5) is 26.8. The number of fused-ring (bicyclic) bond motifs is 1. The van der Waals surface area contributed by atoms with E-state index in [0.717, 1.165) is 50.3 Å². The average molecular weight is 483 g/mol. The number of aromatic nitrogens is 1. The van der Waals surface area contributed by atoms with Crippen molar-refractivity contribution in [1.29, 1.82) is 0 Å². The molecule has 1 heterocycles. The number of amidine groups is 1. The van der Waals surface area contributed by atoms with Crippen LogP contribution in [0.2, 0.25) is 0 Å². The molecule has 35 heavy (non-hydrogen) atoms. The van der Waals surface area contributed by atoms with Crippen molar-refractivity contribution >= 4 is 12.1 Å². The van der Waals surface area contributed by atoms with Crippen LogP contribution in [0.5, 0.6) is 0 Å². The molecule has 1 aliphatic carbocycles. The molecule has 0 saturated heterocycles. The van der Waals surface area contributed by atoms with E-state index < -0.39 is 0 Å². The van der Waals surface area contributed by atoms with E-state index in [1.807, 2.05) is 49.5 Å². The standard InChI is InChI=1S/C22H30N4O.C6H16N2/c1-5-6-7-12-19(14-16-27)26(4)21(23-2)17-25(3)20-13-8-10-18-11-9-15-24-22(18)20;1-4-8(3)6-5-7-2/h5-7,9,11-12,15-16,20H,1,8,10,13-14,17H2,2-4H3;7H,4-6H2,1-3H3/b7-6-,19-12+,23-21?;. The second-order valence-corrected chi connectivity index (χ2v) is 8.72. The van der Waals surface area contributed by atoms with Gasteiger partial charge in [-0.2, -0.15) is 0 Å². The number of aryl methyl sites for hydroxylation is 1. The van der Waals surface area contributed by atoms with E-state index in [4.69, 9.17) is 0 Å². The summed E-state index contributed by atoms with van der Waals surface area (Å²) in [5, 5.41) is 3.09. The number of rotatable bonds is 12. The van der Waals surface area contributed by atoms with Gasteiger partial charge in [0.2, 0.25) is 0 Å².